The van der Waals surface area contributed by atoms with Crippen molar-refractivity contribution in [3.8, 4) is 0 Å². The third kappa shape index (κ3) is 1.85. The molecule has 68 valence electrons. The number of carbonyl (C=O) groups is 1. The van der Waals surface area contributed by atoms with E-state index in [1.165, 1.54) is 0 Å². The molecule has 0 saturated heterocycles. The van der Waals surface area contributed by atoms with Gasteiger partial charge in [-0.1, -0.05) is 6.92 Å². The molecule has 0 bridgehead atoms. The number of ketones is 1. The van der Waals surface area contributed by atoms with Gasteiger partial charge in [-0.2, -0.15) is 0 Å². The monoisotopic (exact) mass is 169 g/mol. The van der Waals surface area contributed by atoms with Crippen molar-refractivity contribution in [3.63, 3.8) is 0 Å². The number of hydrogen-bond donors (Lipinski definition) is 1. The van der Waals surface area contributed by atoms with Crippen LogP contribution in [0.3, 0.4) is 0 Å². The first kappa shape index (κ1) is 9.26. The number of nitrogens with zero attached hydrogens (tertiary/aromatic N) is 1. The predicted octanol–water partition coefficient (Wildman–Crippen LogP) is 1.11. The summed E-state index contributed by atoms with van der Waals surface area (Å²) in [4.78, 5) is 13.2. The third-order valence-electron chi connectivity index (χ3n) is 2.17. The Hall–Kier alpha value is -0.830. The molecule has 3 heteroatoms. The van der Waals surface area contributed by atoms with E-state index >= 15 is 0 Å². The molecule has 0 aliphatic carbocycles. The lowest BCUT2D eigenvalue weighted by Crippen LogP contribution is -2.29. The molecule has 12 heavy (non-hydrogen) atoms. The van der Waals surface area contributed by atoms with Gasteiger partial charge < -0.3 is 5.11 Å². The van der Waals surface area contributed by atoms with Crippen LogP contribution in [-0.4, -0.2) is 35.9 Å². The van der Waals surface area contributed by atoms with Gasteiger partial charge in [-0.3, -0.25) is 9.69 Å². The van der Waals surface area contributed by atoms with E-state index in [1.54, 1.807) is 0 Å². The standard InChI is InChI=1S/C9H15NO2/c1-3-8(11)7-4-5-10(2)6-9(7)12/h12H,3-6H2,1-2H3. The topological polar surface area (TPSA) is 40.5 Å². The van der Waals surface area contributed by atoms with Crippen LogP contribution in [0.5, 0.6) is 0 Å². The summed E-state index contributed by atoms with van der Waals surface area (Å²) in [6.07, 6.45) is 1.18. The fourth-order valence-electron chi connectivity index (χ4n) is 1.39. The van der Waals surface area contributed by atoms with Gasteiger partial charge in [0.1, 0.15) is 5.76 Å². The van der Waals surface area contributed by atoms with E-state index in [4.69, 9.17) is 0 Å². The van der Waals surface area contributed by atoms with Gasteiger partial charge in [0.25, 0.3) is 0 Å². The van der Waals surface area contributed by atoms with Crippen LogP contribution in [0.25, 0.3) is 0 Å². The molecule has 0 aromatic heterocycles. The minimum Gasteiger partial charge on any atom is -0.511 e. The maximum Gasteiger partial charge on any atom is 0.162 e. The Morgan fingerprint density at radius 1 is 1.67 bits per heavy atom. The van der Waals surface area contributed by atoms with Crippen molar-refractivity contribution >= 4 is 5.78 Å². The zero-order valence-corrected chi connectivity index (χ0v) is 7.63. The number of aliphatic hydroxyl groups excluding tert-OH is 1. The lowest BCUT2D eigenvalue weighted by atomic mass is 10.0. The fourth-order valence-corrected chi connectivity index (χ4v) is 1.39. The highest BCUT2D eigenvalue weighted by Crippen LogP contribution is 2.16. The van der Waals surface area contributed by atoms with Gasteiger partial charge in [-0.15, -0.1) is 0 Å². The lowest BCUT2D eigenvalue weighted by molar-refractivity contribution is -0.115. The van der Waals surface area contributed by atoms with Gasteiger partial charge >= 0.3 is 0 Å². The van der Waals surface area contributed by atoms with Crippen LogP contribution in [0.4, 0.5) is 0 Å². The van der Waals surface area contributed by atoms with Gasteiger partial charge in [0, 0.05) is 18.5 Å². The van der Waals surface area contributed by atoms with Crippen LogP contribution in [0.15, 0.2) is 11.3 Å². The first-order chi connectivity index (χ1) is 5.65. The van der Waals surface area contributed by atoms with Gasteiger partial charge in [-0.25, -0.2) is 0 Å². The number of aliphatic hydroxyl groups is 1. The molecular formula is C9H15NO2. The number of likely N-dealkylation sites (N-methyl/N-ethyl adjacent to an activating group) is 1. The highest BCUT2D eigenvalue weighted by atomic mass is 16.3. The highest BCUT2D eigenvalue weighted by Gasteiger charge is 2.19. The molecule has 0 aromatic rings. The van der Waals surface area contributed by atoms with Crippen LogP contribution < -0.4 is 0 Å². The van der Waals surface area contributed by atoms with Crippen molar-refractivity contribution in [1.82, 2.24) is 4.90 Å². The molecule has 0 radical (unpaired) electrons. The number of hydrogen-bond acceptors (Lipinski definition) is 3. The molecule has 1 aliphatic heterocycles. The lowest BCUT2D eigenvalue weighted by Gasteiger charge is -2.23. The molecular weight excluding hydrogens is 154 g/mol. The normalized spacial score (nSPS) is 19.8. The largest absolute Gasteiger partial charge is 0.511 e. The average Bonchev–Trinajstić information content (AvgIpc) is 2.03. The fraction of sp³-hybridized carbons (Fsp3) is 0.667. The second kappa shape index (κ2) is 3.72. The molecule has 0 fully saturated rings. The Morgan fingerprint density at radius 3 is 2.83 bits per heavy atom. The smallest absolute Gasteiger partial charge is 0.162 e. The van der Waals surface area contributed by atoms with E-state index in [0.717, 1.165) is 6.54 Å². The number of rotatable bonds is 2. The Balaban J connectivity index is 2.75. The van der Waals surface area contributed by atoms with Crippen molar-refractivity contribution in [2.24, 2.45) is 0 Å². The van der Waals surface area contributed by atoms with E-state index in [-0.39, 0.29) is 11.5 Å². The summed E-state index contributed by atoms with van der Waals surface area (Å²) >= 11 is 0. The summed E-state index contributed by atoms with van der Waals surface area (Å²) in [5.74, 6) is 0.344. The summed E-state index contributed by atoms with van der Waals surface area (Å²) in [5, 5.41) is 9.46. The van der Waals surface area contributed by atoms with Gasteiger partial charge in [-0.05, 0) is 13.5 Å². The summed E-state index contributed by atoms with van der Waals surface area (Å²) < 4.78 is 0. The summed E-state index contributed by atoms with van der Waals surface area (Å²) in [6.45, 7) is 3.20. The molecule has 3 nitrogen and oxygen atoms in total. The second-order valence-electron chi connectivity index (χ2n) is 3.19. The van der Waals surface area contributed by atoms with Crippen molar-refractivity contribution < 1.29 is 9.90 Å². The van der Waals surface area contributed by atoms with Crippen LogP contribution >= 0.6 is 0 Å². The van der Waals surface area contributed by atoms with E-state index in [0.29, 0.717) is 25.0 Å². The molecule has 1 aliphatic rings. The Morgan fingerprint density at radius 2 is 2.33 bits per heavy atom. The molecule has 0 spiro atoms. The number of carbonyl (C=O) groups excluding carboxylic acids is 1. The minimum absolute atomic E-state index is 0.0839. The Kier molecular flexibility index (Phi) is 2.87. The second-order valence-corrected chi connectivity index (χ2v) is 3.19. The molecule has 0 amide bonds. The summed E-state index contributed by atoms with van der Waals surface area (Å²) in [5.41, 5.74) is 0.635. The maximum atomic E-state index is 11.2. The maximum absolute atomic E-state index is 11.2. The third-order valence-corrected chi connectivity index (χ3v) is 2.17. The average molecular weight is 169 g/mol. The molecule has 0 saturated carbocycles. The predicted molar refractivity (Wildman–Crippen MR) is 47.1 cm³/mol. The van der Waals surface area contributed by atoms with E-state index in [9.17, 15) is 9.90 Å². The highest BCUT2D eigenvalue weighted by molar-refractivity contribution is 5.95. The van der Waals surface area contributed by atoms with Crippen molar-refractivity contribution in [2.75, 3.05) is 20.1 Å². The Labute approximate surface area is 72.7 Å². The van der Waals surface area contributed by atoms with Gasteiger partial charge in [0.2, 0.25) is 0 Å². The van der Waals surface area contributed by atoms with Crippen molar-refractivity contribution in [3.05, 3.63) is 11.3 Å². The first-order valence-electron chi connectivity index (χ1n) is 4.28. The van der Waals surface area contributed by atoms with Crippen LogP contribution in [0.1, 0.15) is 19.8 Å². The minimum atomic E-state index is 0.0839. The quantitative estimate of drug-likeness (QED) is 0.673. The molecule has 0 unspecified atom stereocenters. The van der Waals surface area contributed by atoms with E-state index in [2.05, 4.69) is 0 Å². The van der Waals surface area contributed by atoms with Crippen LogP contribution in [0.2, 0.25) is 0 Å². The molecule has 1 N–H and O–H groups in total. The zero-order chi connectivity index (χ0) is 9.14. The van der Waals surface area contributed by atoms with Gasteiger partial charge in [0.05, 0.1) is 6.54 Å². The van der Waals surface area contributed by atoms with Crippen molar-refractivity contribution in [1.29, 1.82) is 0 Å². The zero-order valence-electron chi connectivity index (χ0n) is 7.63. The SMILES string of the molecule is CCC(=O)C1=C(O)CN(C)CC1. The van der Waals surface area contributed by atoms with Crippen LogP contribution in [-0.2, 0) is 4.79 Å². The first-order valence-corrected chi connectivity index (χ1v) is 4.28. The molecule has 0 aromatic carbocycles. The van der Waals surface area contributed by atoms with Crippen LogP contribution in [0, 0.1) is 0 Å². The summed E-state index contributed by atoms with van der Waals surface area (Å²) in [6, 6.07) is 0. The number of Topliss-reactive ketones (excluding diaryl/α,β-unsaturated/α-hetero) is 1. The molecule has 1 heterocycles. The summed E-state index contributed by atoms with van der Waals surface area (Å²) in [7, 11) is 1.93. The van der Waals surface area contributed by atoms with E-state index < -0.39 is 0 Å². The molecule has 1 rings (SSSR count). The molecule has 0 atom stereocenters. The van der Waals surface area contributed by atoms with E-state index in [1.807, 2.05) is 18.9 Å². The van der Waals surface area contributed by atoms with Crippen molar-refractivity contribution in [2.45, 2.75) is 19.8 Å². The van der Waals surface area contributed by atoms with Gasteiger partial charge in [0.15, 0.2) is 5.78 Å². The Bertz CT molecular complexity index is 221.